The molecule has 3 aliphatic rings. The lowest BCUT2D eigenvalue weighted by Crippen LogP contribution is -2.31. The molecule has 0 N–H and O–H groups in total. The first-order chi connectivity index (χ1) is 44.1. The highest BCUT2D eigenvalue weighted by Gasteiger charge is 2.38. The Morgan fingerprint density at radius 3 is 1.24 bits per heavy atom. The van der Waals surface area contributed by atoms with E-state index in [1.165, 1.54) is 0 Å². The smallest absolute Gasteiger partial charge is 0.330 e. The van der Waals surface area contributed by atoms with E-state index in [2.05, 4.69) is 18.0 Å². The lowest BCUT2D eigenvalue weighted by molar-refractivity contribution is -0.156. The van der Waals surface area contributed by atoms with E-state index in [9.17, 15) is 53.2 Å². The summed E-state index contributed by atoms with van der Waals surface area (Å²) in [5.74, 6) is -6.56. The van der Waals surface area contributed by atoms with E-state index in [4.69, 9.17) is 58.7 Å². The van der Waals surface area contributed by atoms with Crippen LogP contribution < -0.4 is 18.9 Å². The first-order valence-corrected chi connectivity index (χ1v) is 31.7. The van der Waals surface area contributed by atoms with Crippen LogP contribution in [0.3, 0.4) is 0 Å². The first kappa shape index (κ1) is 72.3. The zero-order valence-corrected chi connectivity index (χ0v) is 53.6. The van der Waals surface area contributed by atoms with Gasteiger partial charge >= 0.3 is 59.7 Å². The molecule has 3 unspecified atom stereocenters. The molecule has 23 nitrogen and oxygen atoms in total. The van der Waals surface area contributed by atoms with Crippen LogP contribution in [0.2, 0.25) is 0 Å². The molecule has 0 bridgehead atoms. The Balaban J connectivity index is 0.914. The van der Waals surface area contributed by atoms with Crippen molar-refractivity contribution in [3.63, 3.8) is 0 Å². The highest BCUT2D eigenvalue weighted by atomic mass is 32.2. The maximum Gasteiger partial charge on any atom is 0.330 e. The second-order valence-electron chi connectivity index (χ2n) is 22.0. The molecule has 6 rings (SSSR count). The summed E-state index contributed by atoms with van der Waals surface area (Å²) >= 11 is 2.16. The Kier molecular flexibility index (Phi) is 28.5. The number of nitriles is 1. The van der Waals surface area contributed by atoms with Gasteiger partial charge in [-0.25, -0.2) is 19.7 Å². The Bertz CT molecular complexity index is 3310. The van der Waals surface area contributed by atoms with Crippen molar-refractivity contribution < 1.29 is 100 Å². The summed E-state index contributed by atoms with van der Waals surface area (Å²) in [6, 6.07) is 15.4. The zero-order valence-electron chi connectivity index (χ0n) is 51.9. The minimum Gasteiger partial charge on any atom is -0.465 e. The van der Waals surface area contributed by atoms with E-state index >= 15 is 0 Å². The first-order valence-electron chi connectivity index (χ1n) is 30.1. The molecule has 2 saturated carbocycles. The molecule has 2 fully saturated rings. The van der Waals surface area contributed by atoms with Crippen molar-refractivity contribution in [3.05, 3.63) is 117 Å². The second kappa shape index (κ2) is 36.3. The molecule has 25 heteroatoms. The molecule has 2 aliphatic carbocycles. The van der Waals surface area contributed by atoms with Crippen molar-refractivity contribution in [1.29, 1.82) is 5.26 Å². The maximum atomic E-state index is 13.9. The summed E-state index contributed by atoms with van der Waals surface area (Å²) < 4.78 is 60.2. The molecular formula is C67H74N2O21S2. The Hall–Kier alpha value is -8.78. The summed E-state index contributed by atoms with van der Waals surface area (Å²) in [6.07, 6.45) is 3.20. The van der Waals surface area contributed by atoms with Gasteiger partial charge in [-0.15, -0.1) is 0 Å². The molecule has 0 spiro atoms. The Morgan fingerprint density at radius 1 is 0.533 bits per heavy atom. The van der Waals surface area contributed by atoms with E-state index in [1.54, 1.807) is 83.1 Å². The zero-order chi connectivity index (χ0) is 66.9. The lowest BCUT2D eigenvalue weighted by atomic mass is 9.82. The van der Waals surface area contributed by atoms with E-state index in [0.717, 1.165) is 46.8 Å². The van der Waals surface area contributed by atoms with Gasteiger partial charge in [0.25, 0.3) is 5.70 Å². The standard InChI is InChI=1S/C67H74N2O21S2/c1-9-53(70)82-36-39(3)85-40(4)37-83-57(74)29-27-55(72)80-33-31-44-11-23-50(24-12-44)87-63(76)46-15-19-48(20-16-46)65(78)89-59-42(6)43(7)60(62-61(59)91-67(92-62)52(35-68)69-8)90-66(79)49-21-17-47(18-22-49)64(77)88-51-25-13-45(14-26-51)32-34-81-56(73)28-30-58(75)84-38-41(5)86-54(71)10-2/h9-14,23-26,39-41,46-49H,1-2,15-22,27-34,36-38H2,3-7H3/b67-52-/t39?,40?,41?,46-,47-,48-,49-. The minimum absolute atomic E-state index is 0.0114. The van der Waals surface area contributed by atoms with Gasteiger partial charge in [-0.2, -0.15) is 0 Å². The highest BCUT2D eigenvalue weighted by molar-refractivity contribution is 8.24. The molecule has 3 atom stereocenters. The van der Waals surface area contributed by atoms with Crippen LogP contribution in [0.4, 0.5) is 0 Å². The fraction of sp³-hybridized carbons (Fsp3) is 0.463. The van der Waals surface area contributed by atoms with Crippen LogP contribution in [0.25, 0.3) is 4.85 Å². The molecule has 0 saturated heterocycles. The molecule has 490 valence electrons. The van der Waals surface area contributed by atoms with Crippen molar-refractivity contribution in [2.75, 3.05) is 33.0 Å². The fourth-order valence-corrected chi connectivity index (χ4v) is 12.4. The van der Waals surface area contributed by atoms with Crippen LogP contribution in [0.1, 0.15) is 120 Å². The summed E-state index contributed by atoms with van der Waals surface area (Å²) in [4.78, 5) is 130. The molecule has 3 aromatic carbocycles. The topological polar surface area (TPSA) is 300 Å². The summed E-state index contributed by atoms with van der Waals surface area (Å²) in [6.45, 7) is 22.6. The lowest BCUT2D eigenvalue weighted by Gasteiger charge is -2.27. The molecule has 0 radical (unpaired) electrons. The average Bonchev–Trinajstić information content (AvgIpc) is 1.55. The largest absolute Gasteiger partial charge is 0.465 e. The van der Waals surface area contributed by atoms with Gasteiger partial charge in [-0.05, 0) is 133 Å². The Labute approximate surface area is 541 Å². The van der Waals surface area contributed by atoms with Crippen LogP contribution in [-0.4, -0.2) is 111 Å². The van der Waals surface area contributed by atoms with E-state index in [0.29, 0.717) is 101 Å². The van der Waals surface area contributed by atoms with Crippen molar-refractivity contribution in [3.8, 4) is 29.1 Å². The van der Waals surface area contributed by atoms with Gasteiger partial charge in [0.2, 0.25) is 0 Å². The number of benzene rings is 3. The fourth-order valence-electron chi connectivity index (χ4n) is 9.78. The number of esters is 10. The number of fused-ring (bicyclic) bond motifs is 1. The van der Waals surface area contributed by atoms with Crippen LogP contribution >= 0.6 is 23.5 Å². The van der Waals surface area contributed by atoms with Crippen LogP contribution in [0.15, 0.2) is 93.6 Å². The maximum absolute atomic E-state index is 13.9. The predicted molar refractivity (Wildman–Crippen MR) is 330 cm³/mol. The van der Waals surface area contributed by atoms with E-state index < -0.39 is 102 Å². The number of carbonyl (C=O) groups excluding carboxylic acids is 10. The predicted octanol–water partition coefficient (Wildman–Crippen LogP) is 10.2. The van der Waals surface area contributed by atoms with Crippen molar-refractivity contribution in [2.45, 2.75) is 153 Å². The quantitative estimate of drug-likeness (QED) is 0.0144. The van der Waals surface area contributed by atoms with Crippen molar-refractivity contribution in [2.24, 2.45) is 23.7 Å². The summed E-state index contributed by atoms with van der Waals surface area (Å²) in [5, 5.41) is 9.83. The molecule has 1 aliphatic heterocycles. The second-order valence-corrected chi connectivity index (χ2v) is 24.3. The monoisotopic (exact) mass is 1310 g/mol. The van der Waals surface area contributed by atoms with Crippen LogP contribution in [0.5, 0.6) is 23.0 Å². The summed E-state index contributed by atoms with van der Waals surface area (Å²) in [5.41, 5.74) is 2.45. The number of hydrogen-bond acceptors (Lipinski definition) is 24. The third-order valence-electron chi connectivity index (χ3n) is 15.0. The van der Waals surface area contributed by atoms with E-state index in [1.807, 2.05) is 6.07 Å². The Morgan fingerprint density at radius 2 is 0.880 bits per heavy atom. The number of carbonyl (C=O) groups is 10. The number of rotatable bonds is 31. The van der Waals surface area contributed by atoms with Crippen LogP contribution in [-0.2, 0) is 93.9 Å². The number of allylic oxidation sites excluding steroid dienone is 1. The van der Waals surface area contributed by atoms with Gasteiger partial charge in [0.05, 0.1) is 101 Å². The third-order valence-corrected chi connectivity index (χ3v) is 17.6. The highest BCUT2D eigenvalue weighted by Crippen LogP contribution is 2.61. The molecule has 3 aromatic rings. The van der Waals surface area contributed by atoms with Crippen molar-refractivity contribution in [1.82, 2.24) is 0 Å². The van der Waals surface area contributed by atoms with Gasteiger partial charge < -0.3 is 52.1 Å². The van der Waals surface area contributed by atoms with E-state index in [-0.39, 0.29) is 75.9 Å². The normalized spacial score (nSPS) is 18.0. The van der Waals surface area contributed by atoms with Gasteiger partial charge in [-0.1, -0.05) is 60.9 Å². The molecule has 1 heterocycles. The number of ether oxygens (including phenoxy) is 11. The number of hydrogen-bond donors (Lipinski definition) is 0. The number of nitrogens with zero attached hydrogens (tertiary/aromatic N) is 2. The van der Waals surface area contributed by atoms with Gasteiger partial charge in [-0.3, -0.25) is 38.4 Å². The van der Waals surface area contributed by atoms with Crippen molar-refractivity contribution >= 4 is 83.2 Å². The third kappa shape index (κ3) is 22.6. The molecule has 0 aromatic heterocycles. The van der Waals surface area contributed by atoms with Gasteiger partial charge in [0, 0.05) is 25.0 Å². The van der Waals surface area contributed by atoms with Gasteiger partial charge in [0.1, 0.15) is 48.9 Å². The molecular weight excluding hydrogens is 1230 g/mol. The summed E-state index contributed by atoms with van der Waals surface area (Å²) in [7, 11) is 0. The SMILES string of the molecule is [C-]#[N+]/C(C#N)=C1\Sc2c(OC(=O)[C@H]3CC[C@H](C(=O)Oc4ccc(CCOC(=O)CCC(=O)OCC(C)OC(=O)C=C)cc4)CC3)c(C)c(C)c(OC(=O)[C@H]3CC[C@H](C(=O)Oc4ccc(CCOC(=O)CCC(=O)OCC(C)OC(C)COC(=O)C=C)cc4)CC3)c2S1. The molecule has 0 amide bonds. The number of thioether (sulfide) groups is 2. The van der Waals surface area contributed by atoms with Gasteiger partial charge in [0.15, 0.2) is 0 Å². The molecule has 92 heavy (non-hydrogen) atoms. The average molecular weight is 1310 g/mol. The minimum atomic E-state index is -0.676. The van der Waals surface area contributed by atoms with Crippen LogP contribution in [0, 0.1) is 55.4 Å².